The molecule has 0 saturated carbocycles. The minimum atomic E-state index is -0.0743. The summed E-state index contributed by atoms with van der Waals surface area (Å²) < 4.78 is 5.62. The number of ketones is 1. The highest BCUT2D eigenvalue weighted by Gasteiger charge is 2.20. The molecule has 0 atom stereocenters. The van der Waals surface area contributed by atoms with Crippen LogP contribution in [-0.2, 0) is 0 Å². The number of hydrogen-bond donors (Lipinski definition) is 1. The number of benzene rings is 2. The van der Waals surface area contributed by atoms with Gasteiger partial charge in [-0.15, -0.1) is 0 Å². The predicted octanol–water partition coefficient (Wildman–Crippen LogP) is 8.06. The van der Waals surface area contributed by atoms with Gasteiger partial charge in [-0.3, -0.25) is 9.78 Å². The summed E-state index contributed by atoms with van der Waals surface area (Å²) >= 11 is 0. The summed E-state index contributed by atoms with van der Waals surface area (Å²) in [6.07, 6.45) is 3.96. The van der Waals surface area contributed by atoms with Crippen LogP contribution in [0.5, 0.6) is 5.75 Å². The fourth-order valence-electron chi connectivity index (χ4n) is 3.40. The first-order valence-corrected chi connectivity index (χ1v) is 12.8. The molecule has 0 unspecified atom stereocenters. The largest absolute Gasteiger partial charge is 0.494 e. The van der Waals surface area contributed by atoms with Crippen molar-refractivity contribution in [2.75, 3.05) is 14.2 Å². The molecular weight excluding hydrogens is 474 g/mol. The van der Waals surface area contributed by atoms with Crippen molar-refractivity contribution >= 4 is 16.7 Å². The molecule has 38 heavy (non-hydrogen) atoms. The fourth-order valence-corrected chi connectivity index (χ4v) is 3.40. The van der Waals surface area contributed by atoms with Crippen LogP contribution in [0, 0.1) is 18.3 Å². The Labute approximate surface area is 228 Å². The van der Waals surface area contributed by atoms with Crippen molar-refractivity contribution in [2.24, 2.45) is 0 Å². The van der Waals surface area contributed by atoms with Gasteiger partial charge in [-0.25, -0.2) is 4.98 Å². The third kappa shape index (κ3) is 9.10. The van der Waals surface area contributed by atoms with Crippen molar-refractivity contribution in [1.29, 1.82) is 5.26 Å². The number of rotatable bonds is 4. The minimum Gasteiger partial charge on any atom is -0.494 e. The maximum absolute atomic E-state index is 12.4. The van der Waals surface area contributed by atoms with Gasteiger partial charge in [0.15, 0.2) is 11.5 Å². The second-order valence-electron chi connectivity index (χ2n) is 7.27. The number of carbonyl (C=O) groups excluding carboxylic acids is 1. The maximum atomic E-state index is 12.4. The minimum absolute atomic E-state index is 0.0743. The summed E-state index contributed by atoms with van der Waals surface area (Å²) in [5, 5.41) is 15.3. The van der Waals surface area contributed by atoms with Crippen LogP contribution in [-0.4, -0.2) is 35.1 Å². The lowest BCUT2D eigenvalue weighted by Gasteiger charge is -2.14. The van der Waals surface area contributed by atoms with E-state index in [1.165, 1.54) is 12.5 Å². The van der Waals surface area contributed by atoms with Gasteiger partial charge >= 0.3 is 0 Å². The molecule has 6 heteroatoms. The van der Waals surface area contributed by atoms with Crippen LogP contribution in [0.3, 0.4) is 0 Å². The van der Waals surface area contributed by atoms with Crippen molar-refractivity contribution < 1.29 is 14.6 Å². The van der Waals surface area contributed by atoms with Crippen molar-refractivity contribution in [2.45, 2.75) is 54.9 Å². The Bertz CT molecular complexity index is 1280. The van der Waals surface area contributed by atoms with Crippen LogP contribution in [0.25, 0.3) is 33.3 Å². The van der Waals surface area contributed by atoms with Crippen molar-refractivity contribution in [1.82, 2.24) is 9.97 Å². The molecule has 6 nitrogen and oxygen atoms in total. The first-order chi connectivity index (χ1) is 18.5. The number of methoxy groups -OCH3 is 1. The molecule has 2 aromatic heterocycles. The van der Waals surface area contributed by atoms with E-state index in [-0.39, 0.29) is 5.78 Å². The highest BCUT2D eigenvalue weighted by Crippen LogP contribution is 2.36. The van der Waals surface area contributed by atoms with Gasteiger partial charge in [0.05, 0.1) is 24.3 Å². The van der Waals surface area contributed by atoms with Gasteiger partial charge in [-0.05, 0) is 31.0 Å². The van der Waals surface area contributed by atoms with Crippen molar-refractivity contribution in [3.8, 4) is 34.2 Å². The van der Waals surface area contributed by atoms with Gasteiger partial charge < -0.3 is 9.84 Å². The van der Waals surface area contributed by atoms with Crippen LogP contribution in [0.4, 0.5) is 0 Å². The molecule has 0 aliphatic rings. The zero-order valence-electron chi connectivity index (χ0n) is 24.2. The van der Waals surface area contributed by atoms with Crippen LogP contribution >= 0.6 is 0 Å². The van der Waals surface area contributed by atoms with Gasteiger partial charge in [0.25, 0.3) is 0 Å². The summed E-state index contributed by atoms with van der Waals surface area (Å²) in [5.41, 5.74) is 6.30. The fraction of sp³-hybridized carbons (Fsp3) is 0.312. The normalized spacial score (nSPS) is 8.97. The third-order valence-electron chi connectivity index (χ3n) is 5.00. The smallest absolute Gasteiger partial charge is 0.164 e. The van der Waals surface area contributed by atoms with Crippen LogP contribution in [0.15, 0.2) is 67.0 Å². The van der Waals surface area contributed by atoms with Crippen molar-refractivity contribution in [3.05, 3.63) is 78.1 Å². The SMILES string of the molecule is CC.CC.CCC#N.CO.COc1c(-c2ccc(-c3ccc(C)cc3)cc2)nc2ccncc2c1C(C)=O. The van der Waals surface area contributed by atoms with E-state index in [9.17, 15) is 4.79 Å². The Morgan fingerprint density at radius 3 is 1.84 bits per heavy atom. The zero-order chi connectivity index (χ0) is 29.1. The molecule has 0 aliphatic heterocycles. The molecule has 0 radical (unpaired) electrons. The number of aromatic nitrogens is 2. The predicted molar refractivity (Wildman–Crippen MR) is 158 cm³/mol. The second kappa shape index (κ2) is 19.1. The van der Waals surface area contributed by atoms with Gasteiger partial charge in [-0.1, -0.05) is 88.7 Å². The molecule has 0 aliphatic carbocycles. The lowest BCUT2D eigenvalue weighted by atomic mass is 9.98. The molecule has 1 N–H and O–H groups in total. The number of nitrogens with zero attached hydrogens (tertiary/aromatic N) is 3. The maximum Gasteiger partial charge on any atom is 0.164 e. The first kappa shape index (κ1) is 33.9. The summed E-state index contributed by atoms with van der Waals surface area (Å²) in [6.45, 7) is 13.4. The number of hydrogen-bond acceptors (Lipinski definition) is 6. The molecule has 0 amide bonds. The third-order valence-corrected chi connectivity index (χ3v) is 5.00. The van der Waals surface area contributed by atoms with Crippen LogP contribution in [0.2, 0.25) is 0 Å². The average Bonchev–Trinajstić information content (AvgIpc) is 2.99. The number of fused-ring (bicyclic) bond motifs is 1. The highest BCUT2D eigenvalue weighted by atomic mass is 16.5. The van der Waals surface area contributed by atoms with Crippen LogP contribution in [0.1, 0.15) is 63.9 Å². The Morgan fingerprint density at radius 1 is 0.921 bits per heavy atom. The summed E-state index contributed by atoms with van der Waals surface area (Å²) in [5.74, 6) is 0.408. The number of aliphatic hydroxyl groups is 1. The Hall–Kier alpha value is -4.08. The second-order valence-corrected chi connectivity index (χ2v) is 7.27. The van der Waals surface area contributed by atoms with E-state index in [0.29, 0.717) is 28.8 Å². The first-order valence-electron chi connectivity index (χ1n) is 12.8. The molecule has 0 saturated heterocycles. The number of pyridine rings is 2. The van der Waals surface area contributed by atoms with Crippen LogP contribution < -0.4 is 4.74 Å². The molecule has 202 valence electrons. The lowest BCUT2D eigenvalue weighted by Crippen LogP contribution is -2.03. The van der Waals surface area contributed by atoms with E-state index in [4.69, 9.17) is 20.1 Å². The van der Waals surface area contributed by atoms with E-state index < -0.39 is 0 Å². The molecule has 4 rings (SSSR count). The Kier molecular flexibility index (Phi) is 17.0. The lowest BCUT2D eigenvalue weighted by molar-refractivity contribution is 0.101. The topological polar surface area (TPSA) is 96.1 Å². The summed E-state index contributed by atoms with van der Waals surface area (Å²) in [6, 6.07) is 20.3. The van der Waals surface area contributed by atoms with Gasteiger partial charge in [0.1, 0.15) is 5.69 Å². The van der Waals surface area contributed by atoms with Gasteiger partial charge in [0.2, 0.25) is 0 Å². The number of nitriles is 1. The van der Waals surface area contributed by atoms with E-state index in [0.717, 1.165) is 29.3 Å². The van der Waals surface area contributed by atoms with E-state index in [2.05, 4.69) is 48.3 Å². The Morgan fingerprint density at radius 2 is 1.39 bits per heavy atom. The number of aryl methyl sites for hydroxylation is 1. The molecular formula is C32H41N3O3. The molecule has 0 spiro atoms. The van der Waals surface area contributed by atoms with E-state index in [1.807, 2.05) is 58.9 Å². The number of carbonyl (C=O) groups is 1. The summed E-state index contributed by atoms with van der Waals surface area (Å²) in [4.78, 5) is 21.2. The monoisotopic (exact) mass is 515 g/mol. The van der Waals surface area contributed by atoms with E-state index in [1.54, 1.807) is 19.5 Å². The summed E-state index contributed by atoms with van der Waals surface area (Å²) in [7, 11) is 2.57. The molecule has 2 heterocycles. The Balaban J connectivity index is 0.00000121. The number of Topliss-reactive ketones (excluding diaryl/α,β-unsaturated/α-hetero) is 1. The number of aliphatic hydroxyl groups excluding tert-OH is 1. The highest BCUT2D eigenvalue weighted by molar-refractivity contribution is 6.10. The van der Waals surface area contributed by atoms with Gasteiger partial charge in [0, 0.05) is 36.9 Å². The number of ether oxygens (including phenoxy) is 1. The molecule has 0 bridgehead atoms. The van der Waals surface area contributed by atoms with Gasteiger partial charge in [-0.2, -0.15) is 5.26 Å². The van der Waals surface area contributed by atoms with E-state index >= 15 is 0 Å². The molecule has 2 aromatic carbocycles. The zero-order valence-corrected chi connectivity index (χ0v) is 24.2. The van der Waals surface area contributed by atoms with Crippen molar-refractivity contribution in [3.63, 3.8) is 0 Å². The molecule has 0 fully saturated rings. The molecule has 4 aromatic rings. The standard InChI is InChI=1S/C24H20N2O2.C3H5N.2C2H6.CH4O/c1-15-4-6-17(7-5-15)18-8-10-19(11-9-18)23-24(28-3)22(16(2)27)20-14-25-13-12-21(20)26-23;1-2-3-4;3*1-2/h4-14H,1-3H3;2H2,1H3;2*1-2H3;2H,1H3. The quantitative estimate of drug-likeness (QED) is 0.276. The average molecular weight is 516 g/mol.